The van der Waals surface area contributed by atoms with Gasteiger partial charge in [0.25, 0.3) is 11.8 Å². The molecule has 2 aliphatic rings. The number of nitrogens with zero attached hydrogens (tertiary/aromatic N) is 1. The molecule has 8 heteroatoms. The summed E-state index contributed by atoms with van der Waals surface area (Å²) in [7, 11) is 1.56. The van der Waals surface area contributed by atoms with Crippen LogP contribution in [-0.4, -0.2) is 24.8 Å². The van der Waals surface area contributed by atoms with E-state index in [4.69, 9.17) is 4.74 Å². The smallest absolute Gasteiger partial charge is 0.283 e. The SMILES string of the molecule is COc1ccc(N2C(=O)C(Nc3ccc(C)c(C)c3)=C(Sc3cccc(NC(=O)C4CCCC4)c3)C2=O)cc1. The number of hydrogen-bond acceptors (Lipinski definition) is 6. The first-order valence-corrected chi connectivity index (χ1v) is 13.9. The van der Waals surface area contributed by atoms with E-state index in [1.807, 2.05) is 56.3 Å². The van der Waals surface area contributed by atoms with E-state index in [0.717, 1.165) is 47.4 Å². The lowest BCUT2D eigenvalue weighted by molar-refractivity contribution is -0.121. The number of hydrogen-bond donors (Lipinski definition) is 2. The third kappa shape index (κ3) is 5.71. The zero-order chi connectivity index (χ0) is 27.5. The number of aryl methyl sites for hydroxylation is 2. The van der Waals surface area contributed by atoms with Crippen LogP contribution in [0.5, 0.6) is 5.75 Å². The monoisotopic (exact) mass is 541 g/mol. The van der Waals surface area contributed by atoms with Gasteiger partial charge in [0.1, 0.15) is 16.4 Å². The predicted molar refractivity (Wildman–Crippen MR) is 155 cm³/mol. The second-order valence-corrected chi connectivity index (χ2v) is 11.0. The van der Waals surface area contributed by atoms with Crippen LogP contribution in [0.15, 0.2) is 82.2 Å². The van der Waals surface area contributed by atoms with Crippen molar-refractivity contribution in [2.24, 2.45) is 5.92 Å². The van der Waals surface area contributed by atoms with Gasteiger partial charge in [-0.05, 0) is 92.4 Å². The number of ether oxygens (including phenoxy) is 1. The summed E-state index contributed by atoms with van der Waals surface area (Å²) in [6.45, 7) is 4.02. The molecule has 1 saturated carbocycles. The first kappa shape index (κ1) is 26.6. The van der Waals surface area contributed by atoms with Crippen molar-refractivity contribution in [3.05, 3.63) is 88.5 Å². The Labute approximate surface area is 232 Å². The zero-order valence-corrected chi connectivity index (χ0v) is 23.1. The maximum atomic E-state index is 13.7. The summed E-state index contributed by atoms with van der Waals surface area (Å²) < 4.78 is 5.23. The highest BCUT2D eigenvalue weighted by molar-refractivity contribution is 8.04. The van der Waals surface area contributed by atoms with Gasteiger partial charge >= 0.3 is 0 Å². The third-order valence-electron chi connectivity index (χ3n) is 7.20. The fraction of sp³-hybridized carbons (Fsp3) is 0.258. The van der Waals surface area contributed by atoms with Crippen LogP contribution in [0.3, 0.4) is 0 Å². The Morgan fingerprint density at radius 3 is 2.33 bits per heavy atom. The van der Waals surface area contributed by atoms with Gasteiger partial charge in [-0.2, -0.15) is 0 Å². The summed E-state index contributed by atoms with van der Waals surface area (Å²) in [5.41, 5.74) is 4.27. The van der Waals surface area contributed by atoms with E-state index in [-0.39, 0.29) is 22.4 Å². The van der Waals surface area contributed by atoms with E-state index in [2.05, 4.69) is 10.6 Å². The highest BCUT2D eigenvalue weighted by atomic mass is 32.2. The highest BCUT2D eigenvalue weighted by Gasteiger charge is 2.40. The highest BCUT2D eigenvalue weighted by Crippen LogP contribution is 2.39. The molecule has 2 N–H and O–H groups in total. The lowest BCUT2D eigenvalue weighted by Gasteiger charge is -2.16. The fourth-order valence-corrected chi connectivity index (χ4v) is 5.82. The lowest BCUT2D eigenvalue weighted by atomic mass is 10.1. The van der Waals surface area contributed by atoms with Crippen LogP contribution in [-0.2, 0) is 14.4 Å². The Kier molecular flexibility index (Phi) is 7.74. The van der Waals surface area contributed by atoms with Gasteiger partial charge in [-0.15, -0.1) is 0 Å². The van der Waals surface area contributed by atoms with Gasteiger partial charge in [0.05, 0.1) is 12.8 Å². The van der Waals surface area contributed by atoms with Crippen LogP contribution in [0.2, 0.25) is 0 Å². The summed E-state index contributed by atoms with van der Waals surface area (Å²) in [5, 5.41) is 6.24. The second kappa shape index (κ2) is 11.4. The van der Waals surface area contributed by atoms with Crippen molar-refractivity contribution in [3.8, 4) is 5.75 Å². The average Bonchev–Trinajstić information content (AvgIpc) is 3.55. The molecule has 0 atom stereocenters. The van der Waals surface area contributed by atoms with Crippen molar-refractivity contribution in [3.63, 3.8) is 0 Å². The number of benzene rings is 3. The number of rotatable bonds is 8. The summed E-state index contributed by atoms with van der Waals surface area (Å²) in [6, 6.07) is 20.0. The van der Waals surface area contributed by atoms with Crippen molar-refractivity contribution >= 4 is 46.5 Å². The van der Waals surface area contributed by atoms with Crippen molar-refractivity contribution < 1.29 is 19.1 Å². The largest absolute Gasteiger partial charge is 0.497 e. The maximum Gasteiger partial charge on any atom is 0.283 e. The molecule has 0 saturated heterocycles. The van der Waals surface area contributed by atoms with Crippen LogP contribution in [0.25, 0.3) is 0 Å². The number of amides is 3. The number of carbonyl (C=O) groups excluding carboxylic acids is 3. The van der Waals surface area contributed by atoms with E-state index in [1.165, 1.54) is 16.7 Å². The quantitative estimate of drug-likeness (QED) is 0.320. The normalized spacial score (nSPS) is 15.7. The summed E-state index contributed by atoms with van der Waals surface area (Å²) in [6.07, 6.45) is 4.00. The van der Waals surface area contributed by atoms with Crippen molar-refractivity contribution in [1.82, 2.24) is 0 Å². The standard InChI is InChI=1S/C31H31N3O4S/c1-19-11-12-23(17-20(19)2)32-27-28(31(37)34(30(27)36)24-13-15-25(38-3)16-14-24)39-26-10-6-9-22(18-26)33-29(35)21-7-4-5-8-21/h6,9-18,21,32H,4-5,7-8H2,1-3H3,(H,33,35). The Balaban J connectivity index is 1.45. The first-order chi connectivity index (χ1) is 18.8. The molecule has 200 valence electrons. The van der Waals surface area contributed by atoms with Crippen LogP contribution >= 0.6 is 11.8 Å². The van der Waals surface area contributed by atoms with Crippen molar-refractivity contribution in [2.75, 3.05) is 22.6 Å². The molecule has 5 rings (SSSR count). The topological polar surface area (TPSA) is 87.7 Å². The molecule has 1 aliphatic heterocycles. The molecular weight excluding hydrogens is 510 g/mol. The molecule has 1 aliphatic carbocycles. The van der Waals surface area contributed by atoms with E-state index in [9.17, 15) is 14.4 Å². The number of nitrogens with one attached hydrogen (secondary N) is 2. The number of anilines is 3. The van der Waals surface area contributed by atoms with Gasteiger partial charge in [0.2, 0.25) is 5.91 Å². The number of methoxy groups -OCH3 is 1. The molecule has 0 aromatic heterocycles. The van der Waals surface area contributed by atoms with Gasteiger partial charge in [0.15, 0.2) is 0 Å². The molecule has 0 radical (unpaired) electrons. The minimum atomic E-state index is -0.434. The van der Waals surface area contributed by atoms with Crippen LogP contribution in [0.1, 0.15) is 36.8 Å². The van der Waals surface area contributed by atoms with Crippen molar-refractivity contribution in [1.29, 1.82) is 0 Å². The number of carbonyl (C=O) groups is 3. The summed E-state index contributed by atoms with van der Waals surface area (Å²) in [5.74, 6) is -0.141. The summed E-state index contributed by atoms with van der Waals surface area (Å²) in [4.78, 5) is 42.3. The summed E-state index contributed by atoms with van der Waals surface area (Å²) >= 11 is 1.21. The lowest BCUT2D eigenvalue weighted by Crippen LogP contribution is -2.32. The average molecular weight is 542 g/mol. The Morgan fingerprint density at radius 1 is 0.897 bits per heavy atom. The van der Waals surface area contributed by atoms with E-state index in [0.29, 0.717) is 17.1 Å². The molecule has 1 heterocycles. The van der Waals surface area contributed by atoms with E-state index >= 15 is 0 Å². The predicted octanol–water partition coefficient (Wildman–Crippen LogP) is 6.43. The number of imide groups is 1. The minimum absolute atomic E-state index is 0.0313. The Bertz CT molecular complexity index is 1460. The van der Waals surface area contributed by atoms with Crippen molar-refractivity contribution in [2.45, 2.75) is 44.4 Å². The molecule has 3 amide bonds. The van der Waals surface area contributed by atoms with Gasteiger partial charge < -0.3 is 15.4 Å². The van der Waals surface area contributed by atoms with Crippen LogP contribution in [0.4, 0.5) is 17.1 Å². The third-order valence-corrected chi connectivity index (χ3v) is 8.27. The molecule has 0 bridgehead atoms. The van der Waals surface area contributed by atoms with Crippen LogP contribution < -0.4 is 20.3 Å². The van der Waals surface area contributed by atoms with Gasteiger partial charge in [-0.1, -0.05) is 36.7 Å². The van der Waals surface area contributed by atoms with Crippen LogP contribution in [0, 0.1) is 19.8 Å². The minimum Gasteiger partial charge on any atom is -0.497 e. The second-order valence-electron chi connectivity index (χ2n) is 9.87. The van der Waals surface area contributed by atoms with E-state index in [1.54, 1.807) is 31.4 Å². The molecule has 7 nitrogen and oxygen atoms in total. The molecule has 0 spiro atoms. The van der Waals surface area contributed by atoms with Gasteiger partial charge in [0, 0.05) is 22.2 Å². The fourth-order valence-electron chi connectivity index (χ4n) is 4.83. The maximum absolute atomic E-state index is 13.7. The zero-order valence-electron chi connectivity index (χ0n) is 22.2. The molecule has 3 aromatic carbocycles. The molecular formula is C31H31N3O4S. The van der Waals surface area contributed by atoms with E-state index < -0.39 is 11.8 Å². The Hall–Kier alpha value is -4.04. The molecule has 39 heavy (non-hydrogen) atoms. The van der Waals surface area contributed by atoms with Gasteiger partial charge in [-0.3, -0.25) is 14.4 Å². The van der Waals surface area contributed by atoms with Gasteiger partial charge in [-0.25, -0.2) is 4.90 Å². The molecule has 0 unspecified atom stereocenters. The molecule has 1 fully saturated rings. The molecule has 3 aromatic rings. The first-order valence-electron chi connectivity index (χ1n) is 13.0. The Morgan fingerprint density at radius 2 is 1.64 bits per heavy atom. The number of thioether (sulfide) groups is 1.